The Morgan fingerprint density at radius 2 is 1.78 bits per heavy atom. The molecule has 0 aromatic heterocycles. The summed E-state index contributed by atoms with van der Waals surface area (Å²) in [5, 5.41) is 0. The molecule has 2 heteroatoms. The molecule has 0 N–H and O–H groups in total. The Morgan fingerprint density at radius 3 is 2.44 bits per heavy atom. The first kappa shape index (κ1) is 12.4. The smallest absolute Gasteiger partial charge is 0.150 e. The molecule has 2 aromatic carbocycles. The first-order valence-corrected chi connectivity index (χ1v) is 5.93. The molecule has 0 aliphatic rings. The van der Waals surface area contributed by atoms with E-state index in [9.17, 15) is 4.79 Å². The highest BCUT2D eigenvalue weighted by molar-refractivity contribution is 5.74. The van der Waals surface area contributed by atoms with E-state index in [0.717, 1.165) is 12.0 Å². The minimum atomic E-state index is 0.550. The summed E-state index contributed by atoms with van der Waals surface area (Å²) in [5.74, 6) is 0.779. The van der Waals surface area contributed by atoms with Crippen LogP contribution in [-0.2, 0) is 6.61 Å². The Kier molecular flexibility index (Phi) is 3.78. The van der Waals surface area contributed by atoms with Gasteiger partial charge in [0.2, 0.25) is 0 Å². The number of aryl methyl sites for hydroxylation is 2. The number of carbonyl (C=O) groups excluding carboxylic acids is 1. The van der Waals surface area contributed by atoms with E-state index in [4.69, 9.17) is 4.74 Å². The van der Waals surface area contributed by atoms with Crippen molar-refractivity contribution in [3.63, 3.8) is 0 Å². The van der Waals surface area contributed by atoms with Crippen molar-refractivity contribution in [2.75, 3.05) is 0 Å². The standard InChI is InChI=1S/C16H16O2/c1-12-3-4-13(2)15(9-12)11-18-16-7-5-14(10-17)6-8-16/h3-10H,11H2,1-2H3. The molecule has 0 amide bonds. The molecule has 2 aromatic rings. The van der Waals surface area contributed by atoms with Crippen LogP contribution in [0.2, 0.25) is 0 Å². The molecule has 18 heavy (non-hydrogen) atoms. The van der Waals surface area contributed by atoms with E-state index in [-0.39, 0.29) is 0 Å². The second kappa shape index (κ2) is 5.50. The van der Waals surface area contributed by atoms with Gasteiger partial charge >= 0.3 is 0 Å². The van der Waals surface area contributed by atoms with Crippen LogP contribution in [-0.4, -0.2) is 6.29 Å². The number of benzene rings is 2. The lowest BCUT2D eigenvalue weighted by Crippen LogP contribution is -1.98. The lowest BCUT2D eigenvalue weighted by atomic mass is 10.1. The maximum atomic E-state index is 10.5. The van der Waals surface area contributed by atoms with Gasteiger partial charge in [-0.1, -0.05) is 23.8 Å². The van der Waals surface area contributed by atoms with Crippen LogP contribution in [0.3, 0.4) is 0 Å². The van der Waals surface area contributed by atoms with E-state index in [1.54, 1.807) is 12.1 Å². The fraction of sp³-hybridized carbons (Fsp3) is 0.188. The third-order valence-electron chi connectivity index (χ3n) is 2.92. The zero-order valence-corrected chi connectivity index (χ0v) is 10.6. The average molecular weight is 240 g/mol. The average Bonchev–Trinajstić information content (AvgIpc) is 2.40. The van der Waals surface area contributed by atoms with Gasteiger partial charge < -0.3 is 4.74 Å². The van der Waals surface area contributed by atoms with Crippen molar-refractivity contribution in [1.82, 2.24) is 0 Å². The Labute approximate surface area is 107 Å². The van der Waals surface area contributed by atoms with Crippen LogP contribution in [0.4, 0.5) is 0 Å². The zero-order chi connectivity index (χ0) is 13.0. The molecule has 0 saturated heterocycles. The molecule has 0 spiro atoms. The summed E-state index contributed by atoms with van der Waals surface area (Å²) >= 11 is 0. The maximum absolute atomic E-state index is 10.5. The zero-order valence-electron chi connectivity index (χ0n) is 10.6. The van der Waals surface area contributed by atoms with Crippen molar-refractivity contribution in [3.05, 3.63) is 64.7 Å². The summed E-state index contributed by atoms with van der Waals surface area (Å²) in [6.45, 7) is 4.70. The van der Waals surface area contributed by atoms with E-state index in [2.05, 4.69) is 32.0 Å². The van der Waals surface area contributed by atoms with Gasteiger partial charge in [0.25, 0.3) is 0 Å². The highest BCUT2D eigenvalue weighted by Crippen LogP contribution is 2.16. The first-order chi connectivity index (χ1) is 8.69. The number of hydrogen-bond acceptors (Lipinski definition) is 2. The van der Waals surface area contributed by atoms with Gasteiger partial charge in [-0.15, -0.1) is 0 Å². The molecule has 0 unspecified atom stereocenters. The molecule has 92 valence electrons. The molecule has 0 atom stereocenters. The molecule has 0 aliphatic heterocycles. The largest absolute Gasteiger partial charge is 0.489 e. The molecule has 0 aliphatic carbocycles. The number of rotatable bonds is 4. The number of hydrogen-bond donors (Lipinski definition) is 0. The SMILES string of the molecule is Cc1ccc(C)c(COc2ccc(C=O)cc2)c1. The second-order valence-corrected chi connectivity index (χ2v) is 4.41. The predicted octanol–water partition coefficient (Wildman–Crippen LogP) is 3.69. The van der Waals surface area contributed by atoms with E-state index in [0.29, 0.717) is 12.2 Å². The van der Waals surface area contributed by atoms with Gasteiger partial charge in [-0.25, -0.2) is 0 Å². The Balaban J connectivity index is 2.06. The minimum absolute atomic E-state index is 0.550. The van der Waals surface area contributed by atoms with Crippen LogP contribution in [0.1, 0.15) is 27.0 Å². The lowest BCUT2D eigenvalue weighted by molar-refractivity contribution is 0.112. The second-order valence-electron chi connectivity index (χ2n) is 4.41. The number of carbonyl (C=O) groups is 1. The van der Waals surface area contributed by atoms with Crippen molar-refractivity contribution >= 4 is 6.29 Å². The molecule has 0 bridgehead atoms. The van der Waals surface area contributed by atoms with E-state index in [1.165, 1.54) is 16.7 Å². The van der Waals surface area contributed by atoms with Gasteiger partial charge in [0.1, 0.15) is 18.6 Å². The van der Waals surface area contributed by atoms with Crippen molar-refractivity contribution in [3.8, 4) is 5.75 Å². The summed E-state index contributed by atoms with van der Waals surface area (Å²) in [6.07, 6.45) is 0.828. The minimum Gasteiger partial charge on any atom is -0.489 e. The molecule has 0 heterocycles. The lowest BCUT2D eigenvalue weighted by Gasteiger charge is -2.09. The third-order valence-corrected chi connectivity index (χ3v) is 2.92. The Bertz CT molecular complexity index is 542. The van der Waals surface area contributed by atoms with E-state index < -0.39 is 0 Å². The highest BCUT2D eigenvalue weighted by Gasteiger charge is 2.00. The summed E-state index contributed by atoms with van der Waals surface area (Å²) in [4.78, 5) is 10.5. The topological polar surface area (TPSA) is 26.3 Å². The van der Waals surface area contributed by atoms with Gasteiger partial charge in [-0.3, -0.25) is 4.79 Å². The van der Waals surface area contributed by atoms with Crippen molar-refractivity contribution < 1.29 is 9.53 Å². The number of ether oxygens (including phenoxy) is 1. The van der Waals surface area contributed by atoms with Crippen LogP contribution >= 0.6 is 0 Å². The van der Waals surface area contributed by atoms with Crippen molar-refractivity contribution in [1.29, 1.82) is 0 Å². The summed E-state index contributed by atoms with van der Waals surface area (Å²) < 4.78 is 5.71. The molecular weight excluding hydrogens is 224 g/mol. The van der Waals surface area contributed by atoms with Crippen LogP contribution in [0, 0.1) is 13.8 Å². The van der Waals surface area contributed by atoms with Crippen molar-refractivity contribution in [2.24, 2.45) is 0 Å². The highest BCUT2D eigenvalue weighted by atomic mass is 16.5. The molecule has 0 radical (unpaired) electrons. The Morgan fingerprint density at radius 1 is 1.06 bits per heavy atom. The van der Waals surface area contributed by atoms with Crippen molar-refractivity contribution in [2.45, 2.75) is 20.5 Å². The van der Waals surface area contributed by atoms with Gasteiger partial charge in [-0.2, -0.15) is 0 Å². The van der Waals surface area contributed by atoms with E-state index in [1.807, 2.05) is 12.1 Å². The molecular formula is C16H16O2. The van der Waals surface area contributed by atoms with Gasteiger partial charge in [0, 0.05) is 5.56 Å². The quantitative estimate of drug-likeness (QED) is 0.762. The number of aldehydes is 1. The summed E-state index contributed by atoms with van der Waals surface area (Å²) in [5.41, 5.74) is 4.31. The van der Waals surface area contributed by atoms with E-state index >= 15 is 0 Å². The predicted molar refractivity (Wildman–Crippen MR) is 72.1 cm³/mol. The summed E-state index contributed by atoms with van der Waals surface area (Å²) in [6, 6.07) is 13.5. The maximum Gasteiger partial charge on any atom is 0.150 e. The van der Waals surface area contributed by atoms with Crippen LogP contribution in [0.15, 0.2) is 42.5 Å². The monoisotopic (exact) mass is 240 g/mol. The van der Waals surface area contributed by atoms with Gasteiger partial charge in [-0.05, 0) is 49.2 Å². The van der Waals surface area contributed by atoms with Crippen LogP contribution in [0.25, 0.3) is 0 Å². The third kappa shape index (κ3) is 2.98. The molecule has 2 rings (SSSR count). The Hall–Kier alpha value is -2.09. The first-order valence-electron chi connectivity index (χ1n) is 5.93. The molecule has 0 fully saturated rings. The summed E-state index contributed by atoms with van der Waals surface area (Å²) in [7, 11) is 0. The fourth-order valence-electron chi connectivity index (χ4n) is 1.76. The normalized spacial score (nSPS) is 10.1. The molecule has 0 saturated carbocycles. The van der Waals surface area contributed by atoms with Gasteiger partial charge in [0.15, 0.2) is 0 Å². The molecule has 2 nitrogen and oxygen atoms in total. The fourth-order valence-corrected chi connectivity index (χ4v) is 1.76. The van der Waals surface area contributed by atoms with Gasteiger partial charge in [0.05, 0.1) is 0 Å². The van der Waals surface area contributed by atoms with Crippen LogP contribution in [0.5, 0.6) is 5.75 Å². The van der Waals surface area contributed by atoms with Crippen LogP contribution < -0.4 is 4.74 Å².